The van der Waals surface area contributed by atoms with Crippen LogP contribution in [0.5, 0.6) is 0 Å². The second-order valence-corrected chi connectivity index (χ2v) is 8.62. The molecule has 0 aliphatic heterocycles. The van der Waals surface area contributed by atoms with E-state index >= 15 is 0 Å². The highest BCUT2D eigenvalue weighted by Crippen LogP contribution is 2.24. The Morgan fingerprint density at radius 2 is 1.89 bits per heavy atom. The van der Waals surface area contributed by atoms with Crippen LogP contribution in [0.4, 0.5) is 5.69 Å². The van der Waals surface area contributed by atoms with Crippen molar-refractivity contribution in [3.05, 3.63) is 64.7 Å². The van der Waals surface area contributed by atoms with E-state index in [-0.39, 0.29) is 18.5 Å². The molecule has 1 amide bonds. The topological polar surface area (TPSA) is 75.7 Å². The number of benzene rings is 2. The maximum absolute atomic E-state index is 12.2. The normalized spacial score (nSPS) is 12.4. The van der Waals surface area contributed by atoms with E-state index in [9.17, 15) is 13.2 Å². The first kappa shape index (κ1) is 21.2. The molecule has 2 aromatic carbocycles. The van der Waals surface area contributed by atoms with Crippen LogP contribution in [0.15, 0.2) is 48.5 Å². The number of nitrogens with one attached hydrogen (secondary N) is 1. The Morgan fingerprint density at radius 3 is 2.44 bits per heavy atom. The standard InChI is InChI=1S/C19H23ClN2O4S/c1-14(13-26-2)21-19(23)16-9-7-15(8-10-16)12-22(27(3,24)25)18-6-4-5-17(20)11-18/h4-11,14H,12-13H2,1-3H3,(H,21,23)/t14-/m1/s1. The number of amides is 1. The van der Waals surface area contributed by atoms with Gasteiger partial charge >= 0.3 is 0 Å². The molecular weight excluding hydrogens is 388 g/mol. The Kier molecular flexibility index (Phi) is 7.24. The van der Waals surface area contributed by atoms with Crippen LogP contribution in [-0.4, -0.2) is 40.3 Å². The highest BCUT2D eigenvalue weighted by atomic mass is 35.5. The molecule has 146 valence electrons. The molecule has 2 aromatic rings. The Morgan fingerprint density at radius 1 is 1.22 bits per heavy atom. The first-order valence-corrected chi connectivity index (χ1v) is 10.6. The minimum Gasteiger partial charge on any atom is -0.383 e. The molecule has 0 aliphatic rings. The van der Waals surface area contributed by atoms with Crippen LogP contribution in [-0.2, 0) is 21.3 Å². The molecule has 27 heavy (non-hydrogen) atoms. The molecule has 0 saturated heterocycles. The molecule has 0 heterocycles. The molecule has 8 heteroatoms. The van der Waals surface area contributed by atoms with Crippen molar-refractivity contribution in [1.29, 1.82) is 0 Å². The van der Waals surface area contributed by atoms with Crippen LogP contribution < -0.4 is 9.62 Å². The van der Waals surface area contributed by atoms with Gasteiger partial charge in [-0.1, -0.05) is 29.8 Å². The largest absolute Gasteiger partial charge is 0.383 e. The van der Waals surface area contributed by atoms with Gasteiger partial charge < -0.3 is 10.1 Å². The number of ether oxygens (including phenoxy) is 1. The number of methoxy groups -OCH3 is 1. The summed E-state index contributed by atoms with van der Waals surface area (Å²) in [6.45, 7) is 2.42. The summed E-state index contributed by atoms with van der Waals surface area (Å²) in [7, 11) is -1.93. The molecule has 0 spiro atoms. The molecule has 0 saturated carbocycles. The molecule has 2 rings (SSSR count). The lowest BCUT2D eigenvalue weighted by Gasteiger charge is -2.23. The van der Waals surface area contributed by atoms with E-state index in [1.54, 1.807) is 55.6 Å². The first-order chi connectivity index (χ1) is 12.7. The molecule has 1 N–H and O–H groups in total. The van der Waals surface area contributed by atoms with E-state index in [4.69, 9.17) is 16.3 Å². The van der Waals surface area contributed by atoms with Crippen LogP contribution >= 0.6 is 11.6 Å². The summed E-state index contributed by atoms with van der Waals surface area (Å²) >= 11 is 5.99. The van der Waals surface area contributed by atoms with Gasteiger partial charge in [-0.25, -0.2) is 8.42 Å². The van der Waals surface area contributed by atoms with Crippen molar-refractivity contribution < 1.29 is 17.9 Å². The number of hydrogen-bond acceptors (Lipinski definition) is 4. The second kappa shape index (κ2) is 9.21. The van der Waals surface area contributed by atoms with Gasteiger partial charge in [0.1, 0.15) is 0 Å². The molecule has 0 fully saturated rings. The van der Waals surface area contributed by atoms with E-state index < -0.39 is 10.0 Å². The van der Waals surface area contributed by atoms with Crippen molar-refractivity contribution in [3.8, 4) is 0 Å². The Hall–Kier alpha value is -2.09. The minimum absolute atomic E-state index is 0.106. The minimum atomic E-state index is -3.50. The average molecular weight is 411 g/mol. The third-order valence-electron chi connectivity index (χ3n) is 3.83. The van der Waals surface area contributed by atoms with E-state index in [1.165, 1.54) is 4.31 Å². The lowest BCUT2D eigenvalue weighted by Crippen LogP contribution is -2.35. The van der Waals surface area contributed by atoms with E-state index in [1.807, 2.05) is 6.92 Å². The van der Waals surface area contributed by atoms with Crippen LogP contribution in [0.2, 0.25) is 5.02 Å². The summed E-state index contributed by atoms with van der Waals surface area (Å²) in [6.07, 6.45) is 1.15. The first-order valence-electron chi connectivity index (χ1n) is 8.32. The number of anilines is 1. The van der Waals surface area contributed by atoms with Crippen molar-refractivity contribution in [2.24, 2.45) is 0 Å². The van der Waals surface area contributed by atoms with Crippen molar-refractivity contribution >= 4 is 33.2 Å². The molecule has 0 bridgehead atoms. The summed E-state index contributed by atoms with van der Waals surface area (Å²) in [6, 6.07) is 13.4. The number of rotatable bonds is 8. The smallest absolute Gasteiger partial charge is 0.251 e. The fourth-order valence-electron chi connectivity index (χ4n) is 2.56. The fraction of sp³-hybridized carbons (Fsp3) is 0.316. The van der Waals surface area contributed by atoms with Crippen molar-refractivity contribution in [1.82, 2.24) is 5.32 Å². The number of sulfonamides is 1. The summed E-state index contributed by atoms with van der Waals surface area (Å²) < 4.78 is 30.7. The van der Waals surface area contributed by atoms with Gasteiger partial charge in [-0.2, -0.15) is 0 Å². The average Bonchev–Trinajstić information content (AvgIpc) is 2.59. The van der Waals surface area contributed by atoms with Gasteiger partial charge in [-0.15, -0.1) is 0 Å². The number of halogens is 1. The Balaban J connectivity index is 2.16. The zero-order valence-electron chi connectivity index (χ0n) is 15.5. The van der Waals surface area contributed by atoms with Gasteiger partial charge in [0.2, 0.25) is 10.0 Å². The summed E-state index contributed by atoms with van der Waals surface area (Å²) in [5.41, 5.74) is 1.73. The summed E-state index contributed by atoms with van der Waals surface area (Å²) in [5, 5.41) is 3.29. The third kappa shape index (κ3) is 6.23. The predicted octanol–water partition coefficient (Wildman–Crippen LogP) is 3.07. The van der Waals surface area contributed by atoms with Gasteiger partial charge in [0.15, 0.2) is 0 Å². The van der Waals surface area contributed by atoms with Crippen LogP contribution in [0.25, 0.3) is 0 Å². The zero-order valence-corrected chi connectivity index (χ0v) is 17.0. The van der Waals surface area contributed by atoms with E-state index in [2.05, 4.69) is 5.32 Å². The molecule has 0 unspecified atom stereocenters. The molecule has 0 aromatic heterocycles. The number of carbonyl (C=O) groups is 1. The Bertz CT molecular complexity index is 885. The number of carbonyl (C=O) groups excluding carboxylic acids is 1. The predicted molar refractivity (Wildman–Crippen MR) is 108 cm³/mol. The maximum Gasteiger partial charge on any atom is 0.251 e. The van der Waals surface area contributed by atoms with Gasteiger partial charge in [0, 0.05) is 23.7 Å². The van der Waals surface area contributed by atoms with Gasteiger partial charge in [0.05, 0.1) is 25.1 Å². The van der Waals surface area contributed by atoms with Gasteiger partial charge in [-0.3, -0.25) is 9.10 Å². The molecule has 0 aliphatic carbocycles. The zero-order chi connectivity index (χ0) is 20.0. The van der Waals surface area contributed by atoms with Crippen LogP contribution in [0.1, 0.15) is 22.8 Å². The Labute approximate surface area is 165 Å². The van der Waals surface area contributed by atoms with Crippen LogP contribution in [0.3, 0.4) is 0 Å². The van der Waals surface area contributed by atoms with E-state index in [0.717, 1.165) is 11.8 Å². The second-order valence-electron chi connectivity index (χ2n) is 6.28. The summed E-state index contributed by atoms with van der Waals surface area (Å²) in [4.78, 5) is 12.2. The van der Waals surface area contributed by atoms with Crippen LogP contribution in [0, 0.1) is 0 Å². The highest BCUT2D eigenvalue weighted by Gasteiger charge is 2.18. The van der Waals surface area contributed by atoms with Gasteiger partial charge in [0.25, 0.3) is 5.91 Å². The van der Waals surface area contributed by atoms with Crippen molar-refractivity contribution in [2.45, 2.75) is 19.5 Å². The lowest BCUT2D eigenvalue weighted by molar-refractivity contribution is 0.0905. The molecular formula is C19H23ClN2O4S. The molecule has 0 radical (unpaired) electrons. The molecule has 6 nitrogen and oxygen atoms in total. The number of hydrogen-bond donors (Lipinski definition) is 1. The third-order valence-corrected chi connectivity index (χ3v) is 5.21. The summed E-state index contributed by atoms with van der Waals surface area (Å²) in [5.74, 6) is -0.207. The fourth-order valence-corrected chi connectivity index (χ4v) is 3.62. The SMILES string of the molecule is COC[C@@H](C)NC(=O)c1ccc(CN(c2cccc(Cl)c2)S(C)(=O)=O)cc1. The highest BCUT2D eigenvalue weighted by molar-refractivity contribution is 7.92. The van der Waals surface area contributed by atoms with Crippen molar-refractivity contribution in [3.63, 3.8) is 0 Å². The lowest BCUT2D eigenvalue weighted by atomic mass is 10.1. The number of nitrogens with zero attached hydrogens (tertiary/aromatic N) is 1. The van der Waals surface area contributed by atoms with E-state index in [0.29, 0.717) is 22.9 Å². The van der Waals surface area contributed by atoms with Crippen molar-refractivity contribution in [2.75, 3.05) is 24.3 Å². The quantitative estimate of drug-likeness (QED) is 0.725. The monoisotopic (exact) mass is 410 g/mol. The maximum atomic E-state index is 12.2. The molecule has 1 atom stereocenters. The van der Waals surface area contributed by atoms with Gasteiger partial charge in [-0.05, 0) is 42.8 Å².